The van der Waals surface area contributed by atoms with Gasteiger partial charge in [-0.25, -0.2) is 0 Å². The van der Waals surface area contributed by atoms with Crippen molar-refractivity contribution in [2.24, 2.45) is 0 Å². The molecule has 2 rings (SSSR count). The first-order chi connectivity index (χ1) is 8.83. The highest BCUT2D eigenvalue weighted by Crippen LogP contribution is 2.28. The molecule has 2 fully saturated rings. The number of nitrogens with one attached hydrogen (secondary N) is 1. The molecular formula is C14H26N2OS. The smallest absolute Gasteiger partial charge is 0.235 e. The third-order valence-electron chi connectivity index (χ3n) is 3.91. The Hall–Kier alpha value is -0.220. The van der Waals surface area contributed by atoms with Gasteiger partial charge in [-0.15, -0.1) is 11.8 Å². The van der Waals surface area contributed by atoms with Crippen molar-refractivity contribution in [3.8, 4) is 0 Å². The van der Waals surface area contributed by atoms with Gasteiger partial charge >= 0.3 is 0 Å². The van der Waals surface area contributed by atoms with Crippen LogP contribution in [0.1, 0.15) is 45.4 Å². The summed E-state index contributed by atoms with van der Waals surface area (Å²) in [7, 11) is 0. The number of hydrogen-bond donors (Lipinski definition) is 1. The van der Waals surface area contributed by atoms with E-state index < -0.39 is 0 Å². The molecule has 3 nitrogen and oxygen atoms in total. The molecule has 1 N–H and O–H groups in total. The molecule has 0 aromatic carbocycles. The van der Waals surface area contributed by atoms with Crippen LogP contribution in [0.25, 0.3) is 0 Å². The minimum Gasteiger partial charge on any atom is -0.337 e. The standard InChI is InChI=1S/C14H26N2OS/c1-2-9-16(12-6-5-8-15-11-12)14(17)13-7-3-4-10-18-13/h12-13,15H,2-11H2,1H3. The topological polar surface area (TPSA) is 32.3 Å². The van der Waals surface area contributed by atoms with Gasteiger partial charge in [-0.2, -0.15) is 0 Å². The second-order valence-electron chi connectivity index (χ2n) is 5.39. The minimum atomic E-state index is 0.243. The van der Waals surface area contributed by atoms with E-state index in [-0.39, 0.29) is 5.25 Å². The Morgan fingerprint density at radius 2 is 2.22 bits per heavy atom. The Kier molecular flexibility index (Phi) is 5.83. The van der Waals surface area contributed by atoms with E-state index in [2.05, 4.69) is 17.1 Å². The molecule has 2 aliphatic rings. The molecule has 18 heavy (non-hydrogen) atoms. The molecule has 2 saturated heterocycles. The van der Waals surface area contributed by atoms with E-state index in [1.807, 2.05) is 11.8 Å². The first-order valence-electron chi connectivity index (χ1n) is 7.45. The predicted molar refractivity (Wildman–Crippen MR) is 78.0 cm³/mol. The summed E-state index contributed by atoms with van der Waals surface area (Å²) in [5.41, 5.74) is 0. The van der Waals surface area contributed by atoms with E-state index in [4.69, 9.17) is 0 Å². The van der Waals surface area contributed by atoms with Gasteiger partial charge in [0.15, 0.2) is 0 Å². The molecule has 0 aromatic rings. The lowest BCUT2D eigenvalue weighted by Crippen LogP contribution is -2.51. The molecule has 0 saturated carbocycles. The zero-order valence-corrected chi connectivity index (χ0v) is 12.3. The third-order valence-corrected chi connectivity index (χ3v) is 5.28. The Bertz CT molecular complexity index is 261. The van der Waals surface area contributed by atoms with Crippen LogP contribution in [0.2, 0.25) is 0 Å². The average Bonchev–Trinajstić information content (AvgIpc) is 2.46. The summed E-state index contributed by atoms with van der Waals surface area (Å²) >= 11 is 1.88. The number of carbonyl (C=O) groups excluding carboxylic acids is 1. The molecule has 2 aliphatic heterocycles. The van der Waals surface area contributed by atoms with Crippen LogP contribution in [0, 0.1) is 0 Å². The van der Waals surface area contributed by atoms with Crippen LogP contribution in [0.15, 0.2) is 0 Å². The quantitative estimate of drug-likeness (QED) is 0.850. The highest BCUT2D eigenvalue weighted by molar-refractivity contribution is 8.00. The van der Waals surface area contributed by atoms with E-state index in [1.165, 1.54) is 31.4 Å². The number of carbonyl (C=O) groups is 1. The van der Waals surface area contributed by atoms with Crippen LogP contribution in [-0.2, 0) is 4.79 Å². The van der Waals surface area contributed by atoms with Crippen molar-refractivity contribution in [1.29, 1.82) is 0 Å². The summed E-state index contributed by atoms with van der Waals surface area (Å²) in [5, 5.41) is 3.67. The number of nitrogens with zero attached hydrogens (tertiary/aromatic N) is 1. The second-order valence-corrected chi connectivity index (χ2v) is 6.70. The van der Waals surface area contributed by atoms with E-state index in [0.717, 1.165) is 32.5 Å². The minimum absolute atomic E-state index is 0.243. The molecule has 0 radical (unpaired) electrons. The Morgan fingerprint density at radius 1 is 1.33 bits per heavy atom. The highest BCUT2D eigenvalue weighted by Gasteiger charge is 2.31. The van der Waals surface area contributed by atoms with Crippen molar-refractivity contribution < 1.29 is 4.79 Å². The van der Waals surface area contributed by atoms with Gasteiger partial charge in [0.1, 0.15) is 0 Å². The predicted octanol–water partition coefficient (Wildman–Crippen LogP) is 2.26. The molecule has 2 heterocycles. The Balaban J connectivity index is 1.96. The van der Waals surface area contributed by atoms with Crippen molar-refractivity contribution in [2.45, 2.75) is 56.7 Å². The highest BCUT2D eigenvalue weighted by atomic mass is 32.2. The van der Waals surface area contributed by atoms with Crippen LogP contribution in [0.4, 0.5) is 0 Å². The summed E-state index contributed by atoms with van der Waals surface area (Å²) < 4.78 is 0. The van der Waals surface area contributed by atoms with Gasteiger partial charge in [0.2, 0.25) is 5.91 Å². The summed E-state index contributed by atoms with van der Waals surface area (Å²) in [6, 6.07) is 0.439. The molecule has 0 bridgehead atoms. The summed E-state index contributed by atoms with van der Waals surface area (Å²) in [5.74, 6) is 1.58. The van der Waals surface area contributed by atoms with Crippen molar-refractivity contribution in [1.82, 2.24) is 10.2 Å². The lowest BCUT2D eigenvalue weighted by atomic mass is 10.0. The van der Waals surface area contributed by atoms with E-state index in [9.17, 15) is 4.79 Å². The molecule has 104 valence electrons. The monoisotopic (exact) mass is 270 g/mol. The number of amides is 1. The maximum Gasteiger partial charge on any atom is 0.235 e. The molecule has 2 atom stereocenters. The SMILES string of the molecule is CCCN(C(=O)C1CCCCS1)C1CCCNC1. The normalized spacial score (nSPS) is 28.9. The zero-order chi connectivity index (χ0) is 12.8. The molecular weight excluding hydrogens is 244 g/mol. The van der Waals surface area contributed by atoms with Crippen molar-refractivity contribution in [2.75, 3.05) is 25.4 Å². The lowest BCUT2D eigenvalue weighted by Gasteiger charge is -2.37. The Labute approximate surface area is 115 Å². The fraction of sp³-hybridized carbons (Fsp3) is 0.929. The number of rotatable bonds is 4. The zero-order valence-electron chi connectivity index (χ0n) is 11.5. The molecule has 2 unspecified atom stereocenters. The largest absolute Gasteiger partial charge is 0.337 e. The third kappa shape index (κ3) is 3.64. The van der Waals surface area contributed by atoms with Gasteiger partial charge in [0.05, 0.1) is 5.25 Å². The van der Waals surface area contributed by atoms with Gasteiger partial charge in [0.25, 0.3) is 0 Å². The van der Waals surface area contributed by atoms with Gasteiger partial charge in [0, 0.05) is 19.1 Å². The van der Waals surface area contributed by atoms with Crippen molar-refractivity contribution in [3.63, 3.8) is 0 Å². The average molecular weight is 270 g/mol. The van der Waals surface area contributed by atoms with Crippen LogP contribution < -0.4 is 5.32 Å². The number of piperidine rings is 1. The maximum atomic E-state index is 12.7. The van der Waals surface area contributed by atoms with Crippen LogP contribution in [-0.4, -0.2) is 47.5 Å². The number of thioether (sulfide) groups is 1. The van der Waals surface area contributed by atoms with Gasteiger partial charge in [-0.3, -0.25) is 4.79 Å². The molecule has 0 spiro atoms. The van der Waals surface area contributed by atoms with Crippen LogP contribution in [0.5, 0.6) is 0 Å². The van der Waals surface area contributed by atoms with Crippen LogP contribution in [0.3, 0.4) is 0 Å². The van der Waals surface area contributed by atoms with Gasteiger partial charge in [-0.1, -0.05) is 13.3 Å². The first-order valence-corrected chi connectivity index (χ1v) is 8.50. The van der Waals surface area contributed by atoms with E-state index in [0.29, 0.717) is 11.9 Å². The molecule has 4 heteroatoms. The molecule has 1 amide bonds. The first kappa shape index (κ1) is 14.2. The molecule has 0 aliphatic carbocycles. The summed E-state index contributed by atoms with van der Waals surface area (Å²) in [4.78, 5) is 14.8. The van der Waals surface area contributed by atoms with Crippen molar-refractivity contribution in [3.05, 3.63) is 0 Å². The molecule has 0 aromatic heterocycles. The maximum absolute atomic E-state index is 12.7. The fourth-order valence-electron chi connectivity index (χ4n) is 2.93. The Morgan fingerprint density at radius 3 is 2.83 bits per heavy atom. The second kappa shape index (κ2) is 7.39. The lowest BCUT2D eigenvalue weighted by molar-refractivity contribution is -0.133. The van der Waals surface area contributed by atoms with Crippen LogP contribution >= 0.6 is 11.8 Å². The van der Waals surface area contributed by atoms with Gasteiger partial charge in [-0.05, 0) is 44.4 Å². The number of hydrogen-bond acceptors (Lipinski definition) is 3. The van der Waals surface area contributed by atoms with E-state index in [1.54, 1.807) is 0 Å². The van der Waals surface area contributed by atoms with Gasteiger partial charge < -0.3 is 10.2 Å². The summed E-state index contributed by atoms with van der Waals surface area (Å²) in [6.45, 7) is 5.21. The van der Waals surface area contributed by atoms with Crippen molar-refractivity contribution >= 4 is 17.7 Å². The van der Waals surface area contributed by atoms with E-state index >= 15 is 0 Å². The summed E-state index contributed by atoms with van der Waals surface area (Å²) in [6.07, 6.45) is 7.05. The fourth-order valence-corrected chi connectivity index (χ4v) is 4.20.